The summed E-state index contributed by atoms with van der Waals surface area (Å²) >= 11 is 0. The quantitative estimate of drug-likeness (QED) is 0.0262. The van der Waals surface area contributed by atoms with Gasteiger partial charge in [-0.25, -0.2) is 0 Å². The van der Waals surface area contributed by atoms with Crippen molar-refractivity contribution < 1.29 is 28.6 Å². The van der Waals surface area contributed by atoms with Gasteiger partial charge in [-0.05, 0) is 116 Å². The van der Waals surface area contributed by atoms with E-state index >= 15 is 0 Å². The molecule has 0 aromatic heterocycles. The number of carbonyl (C=O) groups excluding carboxylic acids is 3. The normalized spacial score (nSPS) is 12.7. The van der Waals surface area contributed by atoms with Crippen LogP contribution in [-0.2, 0) is 28.6 Å². The third-order valence-electron chi connectivity index (χ3n) is 11.4. The highest BCUT2D eigenvalue weighted by atomic mass is 16.6. The van der Waals surface area contributed by atoms with E-state index in [4.69, 9.17) is 14.2 Å². The van der Waals surface area contributed by atoms with Crippen LogP contribution >= 0.6 is 0 Å². The number of esters is 3. The summed E-state index contributed by atoms with van der Waals surface area (Å²) in [5.41, 5.74) is 0. The smallest absolute Gasteiger partial charge is 0.306 e. The molecule has 65 heavy (non-hydrogen) atoms. The molecule has 372 valence electrons. The SMILES string of the molecule is CC/C=C/C/C=C/C/C=C/CCCCCCCC(=O)O[C@@H](COC(=O)CCCCCC/C=C/C/C=C/C/C=C/CCCCC)COC(=O)CCCCCCCCC/C=C/CCCCCC. The van der Waals surface area contributed by atoms with Gasteiger partial charge in [0.1, 0.15) is 13.2 Å². The molecular formula is C59H100O6. The highest BCUT2D eigenvalue weighted by Gasteiger charge is 2.19. The molecule has 0 N–H and O–H groups in total. The number of ether oxygens (including phenoxy) is 3. The summed E-state index contributed by atoms with van der Waals surface area (Å²) in [4.78, 5) is 38.1. The van der Waals surface area contributed by atoms with Crippen molar-refractivity contribution in [2.24, 2.45) is 0 Å². The second-order valence-corrected chi connectivity index (χ2v) is 17.7. The van der Waals surface area contributed by atoms with Crippen LogP contribution in [0, 0.1) is 0 Å². The zero-order valence-corrected chi connectivity index (χ0v) is 42.5. The Labute approximate surface area is 401 Å². The zero-order chi connectivity index (χ0) is 47.2. The summed E-state index contributed by atoms with van der Waals surface area (Å²) in [7, 11) is 0. The Hall–Kier alpha value is -3.41. The van der Waals surface area contributed by atoms with Gasteiger partial charge in [0.25, 0.3) is 0 Å². The molecule has 0 radical (unpaired) electrons. The lowest BCUT2D eigenvalue weighted by Gasteiger charge is -2.18. The van der Waals surface area contributed by atoms with E-state index in [9.17, 15) is 14.4 Å². The fraction of sp³-hybridized carbons (Fsp3) is 0.712. The van der Waals surface area contributed by atoms with Gasteiger partial charge in [0.2, 0.25) is 0 Å². The summed E-state index contributed by atoms with van der Waals surface area (Å²) in [5.74, 6) is -0.936. The predicted molar refractivity (Wildman–Crippen MR) is 279 cm³/mol. The van der Waals surface area contributed by atoms with E-state index in [0.29, 0.717) is 19.3 Å². The molecule has 0 aliphatic heterocycles. The molecule has 0 amide bonds. The van der Waals surface area contributed by atoms with Crippen molar-refractivity contribution in [2.75, 3.05) is 13.2 Å². The minimum atomic E-state index is -0.797. The van der Waals surface area contributed by atoms with Gasteiger partial charge in [-0.2, -0.15) is 0 Å². The molecule has 0 unspecified atom stereocenters. The zero-order valence-electron chi connectivity index (χ0n) is 42.5. The van der Waals surface area contributed by atoms with Crippen molar-refractivity contribution in [3.63, 3.8) is 0 Å². The van der Waals surface area contributed by atoms with Crippen LogP contribution in [0.15, 0.2) is 85.1 Å². The van der Waals surface area contributed by atoms with Crippen LogP contribution in [0.1, 0.15) is 252 Å². The molecule has 0 heterocycles. The first kappa shape index (κ1) is 61.6. The average Bonchev–Trinajstić information content (AvgIpc) is 3.30. The number of carbonyl (C=O) groups is 3. The van der Waals surface area contributed by atoms with E-state index in [1.807, 2.05) is 0 Å². The Kier molecular flexibility index (Phi) is 50.4. The Morgan fingerprint density at radius 2 is 0.600 bits per heavy atom. The van der Waals surface area contributed by atoms with Crippen LogP contribution < -0.4 is 0 Å². The molecule has 0 aromatic rings. The van der Waals surface area contributed by atoms with Crippen molar-refractivity contribution in [1.29, 1.82) is 0 Å². The summed E-state index contributed by atoms with van der Waals surface area (Å²) in [5, 5.41) is 0. The van der Waals surface area contributed by atoms with Gasteiger partial charge >= 0.3 is 17.9 Å². The van der Waals surface area contributed by atoms with Crippen molar-refractivity contribution >= 4 is 17.9 Å². The summed E-state index contributed by atoms with van der Waals surface area (Å²) in [6.07, 6.45) is 68.5. The van der Waals surface area contributed by atoms with Crippen molar-refractivity contribution in [3.8, 4) is 0 Å². The monoisotopic (exact) mass is 905 g/mol. The number of allylic oxidation sites excluding steroid dienone is 14. The summed E-state index contributed by atoms with van der Waals surface area (Å²) in [6.45, 7) is 6.45. The van der Waals surface area contributed by atoms with Crippen LogP contribution in [0.3, 0.4) is 0 Å². The Bertz CT molecular complexity index is 1270. The van der Waals surface area contributed by atoms with Crippen molar-refractivity contribution in [3.05, 3.63) is 85.1 Å². The van der Waals surface area contributed by atoms with Crippen LogP contribution in [0.2, 0.25) is 0 Å². The van der Waals surface area contributed by atoms with Gasteiger partial charge in [-0.3, -0.25) is 14.4 Å². The lowest BCUT2D eigenvalue weighted by atomic mass is 10.1. The van der Waals surface area contributed by atoms with Crippen LogP contribution in [0.4, 0.5) is 0 Å². The van der Waals surface area contributed by atoms with Gasteiger partial charge in [0.05, 0.1) is 0 Å². The van der Waals surface area contributed by atoms with Crippen molar-refractivity contribution in [2.45, 2.75) is 258 Å². The van der Waals surface area contributed by atoms with Crippen LogP contribution in [0.25, 0.3) is 0 Å². The fourth-order valence-corrected chi connectivity index (χ4v) is 7.28. The van der Waals surface area contributed by atoms with Crippen LogP contribution in [-0.4, -0.2) is 37.2 Å². The second-order valence-electron chi connectivity index (χ2n) is 17.7. The molecule has 0 saturated carbocycles. The van der Waals surface area contributed by atoms with Gasteiger partial charge in [-0.1, -0.05) is 202 Å². The van der Waals surface area contributed by atoms with E-state index in [-0.39, 0.29) is 31.1 Å². The highest BCUT2D eigenvalue weighted by molar-refractivity contribution is 5.71. The molecule has 0 aliphatic carbocycles. The number of hydrogen-bond acceptors (Lipinski definition) is 6. The van der Waals surface area contributed by atoms with Crippen LogP contribution in [0.5, 0.6) is 0 Å². The maximum Gasteiger partial charge on any atom is 0.306 e. The molecular weight excluding hydrogens is 805 g/mol. The topological polar surface area (TPSA) is 78.9 Å². The molecule has 6 heteroatoms. The van der Waals surface area contributed by atoms with Crippen molar-refractivity contribution in [1.82, 2.24) is 0 Å². The molecule has 0 saturated heterocycles. The maximum absolute atomic E-state index is 12.8. The third-order valence-corrected chi connectivity index (χ3v) is 11.4. The fourth-order valence-electron chi connectivity index (χ4n) is 7.28. The van der Waals surface area contributed by atoms with E-state index in [2.05, 4.69) is 106 Å². The average molecular weight is 905 g/mol. The summed E-state index contributed by atoms with van der Waals surface area (Å²) in [6, 6.07) is 0. The first-order valence-corrected chi connectivity index (χ1v) is 27.1. The Morgan fingerprint density at radius 3 is 0.985 bits per heavy atom. The second kappa shape index (κ2) is 53.2. The maximum atomic E-state index is 12.8. The number of unbranched alkanes of at least 4 members (excludes halogenated alkanes) is 23. The number of hydrogen-bond donors (Lipinski definition) is 0. The Balaban J connectivity index is 4.46. The largest absolute Gasteiger partial charge is 0.462 e. The molecule has 0 fully saturated rings. The lowest BCUT2D eigenvalue weighted by molar-refractivity contribution is -0.167. The molecule has 0 bridgehead atoms. The predicted octanol–water partition coefficient (Wildman–Crippen LogP) is 18.0. The summed E-state index contributed by atoms with van der Waals surface area (Å²) < 4.78 is 16.8. The first-order valence-electron chi connectivity index (χ1n) is 27.1. The number of rotatable bonds is 48. The molecule has 0 spiro atoms. The third kappa shape index (κ3) is 51.4. The Morgan fingerprint density at radius 1 is 0.323 bits per heavy atom. The van der Waals surface area contributed by atoms with E-state index < -0.39 is 6.10 Å². The minimum absolute atomic E-state index is 0.0935. The van der Waals surface area contributed by atoms with Gasteiger partial charge in [0.15, 0.2) is 6.10 Å². The molecule has 0 rings (SSSR count). The molecule has 1 atom stereocenters. The lowest BCUT2D eigenvalue weighted by Crippen LogP contribution is -2.30. The van der Waals surface area contributed by atoms with Gasteiger partial charge < -0.3 is 14.2 Å². The van der Waals surface area contributed by atoms with E-state index in [1.165, 1.54) is 89.9 Å². The highest BCUT2D eigenvalue weighted by Crippen LogP contribution is 2.14. The first-order chi connectivity index (χ1) is 32.0. The van der Waals surface area contributed by atoms with E-state index in [1.54, 1.807) is 0 Å². The van der Waals surface area contributed by atoms with E-state index in [0.717, 1.165) is 122 Å². The van der Waals surface area contributed by atoms with Gasteiger partial charge in [-0.15, -0.1) is 0 Å². The molecule has 6 nitrogen and oxygen atoms in total. The molecule has 0 aliphatic rings. The minimum Gasteiger partial charge on any atom is -0.462 e. The molecule has 0 aromatic carbocycles. The van der Waals surface area contributed by atoms with Gasteiger partial charge in [0, 0.05) is 19.3 Å². The standard InChI is InChI=1S/C59H100O6/c1-4-7-10-13-16-19-22-25-28-29-32-34-37-40-43-46-49-52-58(61)64-55-56(65-59(62)53-50-47-44-41-38-35-31-27-24-21-18-15-12-9-6-3)54-63-57(60)51-48-45-42-39-36-33-30-26-23-20-17-14-11-8-5-2/h9,12,16,18-21,23,25,27-28,31-32,34,56H,4-8,10-11,13-15,17,22,24,26,29-30,33,35-55H2,1-3H3/b12-9+,19-16+,21-18+,23-20+,28-25+,31-27+,34-32+/t56-/m1/s1.